The highest BCUT2D eigenvalue weighted by Gasteiger charge is 2.18. The first-order valence-electron chi connectivity index (χ1n) is 6.55. The van der Waals surface area contributed by atoms with Crippen molar-refractivity contribution in [2.24, 2.45) is 12.9 Å². The van der Waals surface area contributed by atoms with Gasteiger partial charge in [0.25, 0.3) is 0 Å². The SMILES string of the molecule is CCc1cc(C(Cc2ncnn2CC)NN)n(C)n1. The van der Waals surface area contributed by atoms with Gasteiger partial charge in [-0.3, -0.25) is 20.6 Å². The molecule has 2 rings (SSSR count). The Morgan fingerprint density at radius 2 is 2.21 bits per heavy atom. The Hall–Kier alpha value is -1.73. The van der Waals surface area contributed by atoms with Gasteiger partial charge in [0.15, 0.2) is 0 Å². The molecule has 0 aromatic carbocycles. The molecule has 1 atom stereocenters. The summed E-state index contributed by atoms with van der Waals surface area (Å²) in [6.45, 7) is 4.94. The van der Waals surface area contributed by atoms with Gasteiger partial charge in [0.05, 0.1) is 17.4 Å². The number of hydrogen-bond donors (Lipinski definition) is 2. The molecule has 7 heteroatoms. The molecular weight excluding hydrogens is 242 g/mol. The minimum absolute atomic E-state index is 0.0210. The van der Waals surface area contributed by atoms with Gasteiger partial charge in [-0.1, -0.05) is 6.92 Å². The fraction of sp³-hybridized carbons (Fsp3) is 0.583. The Kier molecular flexibility index (Phi) is 4.28. The lowest BCUT2D eigenvalue weighted by atomic mass is 10.1. The van der Waals surface area contributed by atoms with Crippen molar-refractivity contribution >= 4 is 0 Å². The van der Waals surface area contributed by atoms with Crippen LogP contribution in [0.4, 0.5) is 0 Å². The van der Waals surface area contributed by atoms with E-state index >= 15 is 0 Å². The Bertz CT molecular complexity index is 528. The maximum atomic E-state index is 5.68. The number of aryl methyl sites for hydroxylation is 3. The fourth-order valence-corrected chi connectivity index (χ4v) is 2.18. The van der Waals surface area contributed by atoms with Gasteiger partial charge in [-0.25, -0.2) is 4.98 Å². The zero-order valence-electron chi connectivity index (χ0n) is 11.7. The first-order chi connectivity index (χ1) is 9.19. The van der Waals surface area contributed by atoms with E-state index in [1.807, 2.05) is 23.3 Å². The molecule has 2 aromatic heterocycles. The molecule has 2 heterocycles. The van der Waals surface area contributed by atoms with E-state index in [2.05, 4.69) is 33.6 Å². The van der Waals surface area contributed by atoms with E-state index in [4.69, 9.17) is 5.84 Å². The highest BCUT2D eigenvalue weighted by molar-refractivity contribution is 5.15. The molecule has 3 N–H and O–H groups in total. The molecule has 0 saturated heterocycles. The van der Waals surface area contributed by atoms with Crippen LogP contribution < -0.4 is 11.3 Å². The molecule has 0 radical (unpaired) electrons. The lowest BCUT2D eigenvalue weighted by Gasteiger charge is -2.15. The van der Waals surface area contributed by atoms with Crippen LogP contribution in [0.5, 0.6) is 0 Å². The third-order valence-corrected chi connectivity index (χ3v) is 3.27. The molecule has 2 aromatic rings. The molecule has 19 heavy (non-hydrogen) atoms. The van der Waals surface area contributed by atoms with Crippen LogP contribution in [0.15, 0.2) is 12.4 Å². The zero-order chi connectivity index (χ0) is 13.8. The number of hydrazine groups is 1. The summed E-state index contributed by atoms with van der Waals surface area (Å²) < 4.78 is 3.75. The van der Waals surface area contributed by atoms with Crippen molar-refractivity contribution < 1.29 is 0 Å². The van der Waals surface area contributed by atoms with Gasteiger partial charge >= 0.3 is 0 Å². The van der Waals surface area contributed by atoms with Crippen LogP contribution >= 0.6 is 0 Å². The summed E-state index contributed by atoms with van der Waals surface area (Å²) in [5.74, 6) is 6.60. The summed E-state index contributed by atoms with van der Waals surface area (Å²) >= 11 is 0. The topological polar surface area (TPSA) is 86.6 Å². The van der Waals surface area contributed by atoms with E-state index in [9.17, 15) is 0 Å². The van der Waals surface area contributed by atoms with Crippen LogP contribution in [-0.4, -0.2) is 24.5 Å². The normalized spacial score (nSPS) is 12.8. The largest absolute Gasteiger partial charge is 0.271 e. The van der Waals surface area contributed by atoms with Gasteiger partial charge in [0.2, 0.25) is 0 Å². The first-order valence-corrected chi connectivity index (χ1v) is 6.55. The molecule has 0 spiro atoms. The van der Waals surface area contributed by atoms with E-state index in [1.165, 1.54) is 0 Å². The molecule has 0 aliphatic rings. The molecule has 0 bridgehead atoms. The number of nitrogens with two attached hydrogens (primary N) is 1. The Morgan fingerprint density at radius 3 is 2.79 bits per heavy atom. The lowest BCUT2D eigenvalue weighted by molar-refractivity contribution is 0.480. The predicted molar refractivity (Wildman–Crippen MR) is 72.1 cm³/mol. The lowest BCUT2D eigenvalue weighted by Crippen LogP contribution is -2.32. The van der Waals surface area contributed by atoms with E-state index in [-0.39, 0.29) is 6.04 Å². The maximum Gasteiger partial charge on any atom is 0.138 e. The number of aromatic nitrogens is 5. The fourth-order valence-electron chi connectivity index (χ4n) is 2.18. The molecular formula is C12H21N7. The third kappa shape index (κ3) is 2.82. The Balaban J connectivity index is 2.22. The molecule has 0 fully saturated rings. The second-order valence-corrected chi connectivity index (χ2v) is 4.45. The summed E-state index contributed by atoms with van der Waals surface area (Å²) in [6, 6.07) is 2.06. The zero-order valence-corrected chi connectivity index (χ0v) is 11.7. The summed E-state index contributed by atoms with van der Waals surface area (Å²) in [7, 11) is 1.93. The molecule has 0 aliphatic heterocycles. The minimum Gasteiger partial charge on any atom is -0.271 e. The van der Waals surface area contributed by atoms with Crippen molar-refractivity contribution in [3.63, 3.8) is 0 Å². The summed E-state index contributed by atoms with van der Waals surface area (Å²) in [4.78, 5) is 4.28. The number of hydrogen-bond acceptors (Lipinski definition) is 5. The molecule has 0 saturated carbocycles. The Morgan fingerprint density at radius 1 is 1.42 bits per heavy atom. The van der Waals surface area contributed by atoms with E-state index in [1.54, 1.807) is 6.33 Å². The van der Waals surface area contributed by atoms with E-state index in [0.717, 1.165) is 30.2 Å². The second kappa shape index (κ2) is 5.94. The first kappa shape index (κ1) is 13.7. The van der Waals surface area contributed by atoms with Crippen LogP contribution in [0, 0.1) is 0 Å². The van der Waals surface area contributed by atoms with Crippen LogP contribution in [0.25, 0.3) is 0 Å². The Labute approximate surface area is 112 Å². The molecule has 1 unspecified atom stereocenters. The van der Waals surface area contributed by atoms with Crippen molar-refractivity contribution in [3.8, 4) is 0 Å². The standard InChI is InChI=1S/C12H21N7/c1-4-9-6-11(18(3)17-9)10(16-13)7-12-14-8-15-19(12)5-2/h6,8,10,16H,4-5,7,13H2,1-3H3. The molecule has 0 amide bonds. The van der Waals surface area contributed by atoms with Crippen LogP contribution in [0.3, 0.4) is 0 Å². The summed E-state index contributed by atoms with van der Waals surface area (Å²) in [5, 5.41) is 8.62. The highest BCUT2D eigenvalue weighted by atomic mass is 15.3. The number of nitrogens with one attached hydrogen (secondary N) is 1. The van der Waals surface area contributed by atoms with Crippen molar-refractivity contribution in [3.05, 3.63) is 29.6 Å². The summed E-state index contributed by atoms with van der Waals surface area (Å²) in [6.07, 6.45) is 3.18. The number of rotatable bonds is 6. The average molecular weight is 263 g/mol. The van der Waals surface area contributed by atoms with Crippen molar-refractivity contribution in [1.82, 2.24) is 30.0 Å². The number of nitrogens with zero attached hydrogens (tertiary/aromatic N) is 5. The van der Waals surface area contributed by atoms with E-state index < -0.39 is 0 Å². The molecule has 104 valence electrons. The minimum atomic E-state index is -0.0210. The van der Waals surface area contributed by atoms with Crippen LogP contribution in [-0.2, 0) is 26.4 Å². The van der Waals surface area contributed by atoms with Gasteiger partial charge in [-0.05, 0) is 19.4 Å². The van der Waals surface area contributed by atoms with Crippen molar-refractivity contribution in [2.75, 3.05) is 0 Å². The summed E-state index contributed by atoms with van der Waals surface area (Å²) in [5.41, 5.74) is 4.97. The molecule has 7 nitrogen and oxygen atoms in total. The van der Waals surface area contributed by atoms with Gasteiger partial charge in [-0.15, -0.1) is 0 Å². The van der Waals surface area contributed by atoms with Gasteiger partial charge in [-0.2, -0.15) is 10.2 Å². The molecule has 0 aliphatic carbocycles. The maximum absolute atomic E-state index is 5.68. The predicted octanol–water partition coefficient (Wildman–Crippen LogP) is 0.341. The average Bonchev–Trinajstić information content (AvgIpc) is 3.01. The highest BCUT2D eigenvalue weighted by Crippen LogP contribution is 2.17. The van der Waals surface area contributed by atoms with Gasteiger partial charge in [0, 0.05) is 20.0 Å². The monoisotopic (exact) mass is 263 g/mol. The van der Waals surface area contributed by atoms with Crippen molar-refractivity contribution in [2.45, 2.75) is 39.3 Å². The van der Waals surface area contributed by atoms with Crippen LogP contribution in [0.2, 0.25) is 0 Å². The quantitative estimate of drug-likeness (QED) is 0.580. The van der Waals surface area contributed by atoms with Crippen LogP contribution in [0.1, 0.15) is 37.1 Å². The third-order valence-electron chi connectivity index (χ3n) is 3.27. The second-order valence-electron chi connectivity index (χ2n) is 4.45. The van der Waals surface area contributed by atoms with E-state index in [0.29, 0.717) is 6.42 Å². The van der Waals surface area contributed by atoms with Gasteiger partial charge < -0.3 is 0 Å². The van der Waals surface area contributed by atoms with Gasteiger partial charge in [0.1, 0.15) is 12.2 Å². The van der Waals surface area contributed by atoms with Crippen molar-refractivity contribution in [1.29, 1.82) is 0 Å². The smallest absolute Gasteiger partial charge is 0.138 e.